The molecule has 1 aromatic heterocycles. The highest BCUT2D eigenvalue weighted by molar-refractivity contribution is 7.90. The molecule has 2 N–H and O–H groups in total. The highest BCUT2D eigenvalue weighted by atomic mass is 32.2. The average molecular weight is 351 g/mol. The molecule has 0 saturated heterocycles. The lowest BCUT2D eigenvalue weighted by atomic mass is 10.2. The minimum Gasteiger partial charge on any atom is -0.360 e. The first-order valence-electron chi connectivity index (χ1n) is 7.02. The largest absolute Gasteiger partial charge is 0.360 e. The Morgan fingerprint density at radius 2 is 1.96 bits per heavy atom. The van der Waals surface area contributed by atoms with Crippen LogP contribution in [0.5, 0.6) is 0 Å². The van der Waals surface area contributed by atoms with Crippen LogP contribution in [0.15, 0.2) is 39.8 Å². The number of anilines is 1. The van der Waals surface area contributed by atoms with Crippen LogP contribution >= 0.6 is 0 Å². The summed E-state index contributed by atoms with van der Waals surface area (Å²) in [5, 5.41) is 8.63. The van der Waals surface area contributed by atoms with Gasteiger partial charge in [0.2, 0.25) is 5.91 Å². The molecule has 2 amide bonds. The lowest BCUT2D eigenvalue weighted by molar-refractivity contribution is -0.117. The van der Waals surface area contributed by atoms with Crippen LogP contribution < -0.4 is 10.6 Å². The van der Waals surface area contributed by atoms with Gasteiger partial charge in [0.25, 0.3) is 5.91 Å². The number of rotatable bonds is 5. The molecule has 8 nitrogen and oxygen atoms in total. The van der Waals surface area contributed by atoms with Gasteiger partial charge in [0, 0.05) is 17.9 Å². The number of benzene rings is 1. The molecule has 24 heavy (non-hydrogen) atoms. The first-order chi connectivity index (χ1) is 11.2. The summed E-state index contributed by atoms with van der Waals surface area (Å²) in [7, 11) is -3.42. The van der Waals surface area contributed by atoms with Crippen LogP contribution in [0.25, 0.3) is 0 Å². The van der Waals surface area contributed by atoms with Crippen molar-refractivity contribution in [2.75, 3.05) is 11.6 Å². The van der Waals surface area contributed by atoms with Crippen molar-refractivity contribution < 1.29 is 22.5 Å². The van der Waals surface area contributed by atoms with E-state index in [0.29, 0.717) is 5.76 Å². The number of aryl methyl sites for hydroxylation is 1. The second-order valence-electron chi connectivity index (χ2n) is 5.31. The molecule has 0 fully saturated rings. The second kappa shape index (κ2) is 6.83. The number of aromatic nitrogens is 1. The normalized spacial score (nSPS) is 12.5. The van der Waals surface area contributed by atoms with Gasteiger partial charge >= 0.3 is 0 Å². The van der Waals surface area contributed by atoms with Gasteiger partial charge in [-0.3, -0.25) is 9.59 Å². The molecule has 1 aromatic carbocycles. The minimum atomic E-state index is -3.42. The van der Waals surface area contributed by atoms with E-state index in [2.05, 4.69) is 15.8 Å². The maximum atomic E-state index is 12.2. The molecule has 0 aliphatic rings. The summed E-state index contributed by atoms with van der Waals surface area (Å²) in [6.45, 7) is 3.18. The number of nitrogens with zero attached hydrogens (tertiary/aromatic N) is 1. The summed E-state index contributed by atoms with van der Waals surface area (Å²) in [4.78, 5) is 24.2. The van der Waals surface area contributed by atoms with Crippen LogP contribution in [0.2, 0.25) is 0 Å². The Morgan fingerprint density at radius 3 is 2.54 bits per heavy atom. The fraction of sp³-hybridized carbons (Fsp3) is 0.267. The van der Waals surface area contributed by atoms with Gasteiger partial charge < -0.3 is 15.2 Å². The van der Waals surface area contributed by atoms with Crippen LogP contribution in [0.1, 0.15) is 23.0 Å². The lowest BCUT2D eigenvalue weighted by Crippen LogP contribution is -2.41. The maximum Gasteiger partial charge on any atom is 0.251 e. The van der Waals surface area contributed by atoms with Gasteiger partial charge in [0.1, 0.15) is 11.8 Å². The molecular formula is C15H17N3O5S. The number of amides is 2. The quantitative estimate of drug-likeness (QED) is 0.834. The Bertz CT molecular complexity index is 873. The Balaban J connectivity index is 2.04. The summed E-state index contributed by atoms with van der Waals surface area (Å²) >= 11 is 0. The highest BCUT2D eigenvalue weighted by Gasteiger charge is 2.19. The first kappa shape index (κ1) is 17.7. The van der Waals surface area contributed by atoms with Gasteiger partial charge in [-0.2, -0.15) is 0 Å². The van der Waals surface area contributed by atoms with E-state index in [1.807, 2.05) is 0 Å². The van der Waals surface area contributed by atoms with Gasteiger partial charge in [-0.15, -0.1) is 0 Å². The third kappa shape index (κ3) is 4.42. The van der Waals surface area contributed by atoms with Gasteiger partial charge in [0.15, 0.2) is 15.7 Å². The van der Waals surface area contributed by atoms with E-state index in [1.165, 1.54) is 31.2 Å². The van der Waals surface area contributed by atoms with Crippen molar-refractivity contribution >= 4 is 27.5 Å². The Labute approximate surface area is 139 Å². The SMILES string of the molecule is Cc1cc(NC(=O)[C@@H](C)NC(=O)c2cccc(S(C)(=O)=O)c2)no1. The van der Waals surface area contributed by atoms with Gasteiger partial charge in [-0.05, 0) is 32.0 Å². The van der Waals surface area contributed by atoms with Gasteiger partial charge in [-0.1, -0.05) is 11.2 Å². The zero-order chi connectivity index (χ0) is 17.9. The highest BCUT2D eigenvalue weighted by Crippen LogP contribution is 2.12. The van der Waals surface area contributed by atoms with Gasteiger partial charge in [0.05, 0.1) is 4.90 Å². The fourth-order valence-corrected chi connectivity index (χ4v) is 2.54. The number of hydrogen-bond acceptors (Lipinski definition) is 6. The molecule has 128 valence electrons. The van der Waals surface area contributed by atoms with Crippen molar-refractivity contribution in [3.05, 3.63) is 41.7 Å². The third-order valence-corrected chi connectivity index (χ3v) is 4.25. The number of carbonyl (C=O) groups excluding carboxylic acids is 2. The molecule has 0 bridgehead atoms. The molecular weight excluding hydrogens is 334 g/mol. The van der Waals surface area contributed by atoms with E-state index in [4.69, 9.17) is 4.52 Å². The molecule has 2 rings (SSSR count). The molecule has 0 saturated carbocycles. The van der Waals surface area contributed by atoms with E-state index in [-0.39, 0.29) is 16.3 Å². The Hall–Kier alpha value is -2.68. The average Bonchev–Trinajstić information content (AvgIpc) is 2.91. The molecule has 0 unspecified atom stereocenters. The van der Waals surface area contributed by atoms with Crippen molar-refractivity contribution in [3.63, 3.8) is 0 Å². The van der Waals surface area contributed by atoms with Crippen LogP contribution in [0.4, 0.5) is 5.82 Å². The summed E-state index contributed by atoms with van der Waals surface area (Å²) < 4.78 is 27.9. The molecule has 1 heterocycles. The second-order valence-corrected chi connectivity index (χ2v) is 7.32. The summed E-state index contributed by atoms with van der Waals surface area (Å²) in [5.74, 6) is -0.243. The van der Waals surface area contributed by atoms with Crippen molar-refractivity contribution in [2.45, 2.75) is 24.8 Å². The predicted molar refractivity (Wildman–Crippen MR) is 86.3 cm³/mol. The van der Waals surface area contributed by atoms with E-state index < -0.39 is 27.7 Å². The number of hydrogen-bond donors (Lipinski definition) is 2. The molecule has 9 heteroatoms. The zero-order valence-electron chi connectivity index (χ0n) is 13.4. The monoisotopic (exact) mass is 351 g/mol. The van der Waals surface area contributed by atoms with Crippen molar-refractivity contribution in [2.24, 2.45) is 0 Å². The van der Waals surface area contributed by atoms with Crippen molar-refractivity contribution in [1.29, 1.82) is 0 Å². The Morgan fingerprint density at radius 1 is 1.25 bits per heavy atom. The predicted octanol–water partition coefficient (Wildman–Crippen LogP) is 1.14. The molecule has 0 aliphatic heterocycles. The molecule has 0 radical (unpaired) electrons. The van der Waals surface area contributed by atoms with Crippen LogP contribution in [0.3, 0.4) is 0 Å². The smallest absolute Gasteiger partial charge is 0.251 e. The van der Waals surface area contributed by atoms with E-state index in [0.717, 1.165) is 6.26 Å². The minimum absolute atomic E-state index is 0.0327. The first-order valence-corrected chi connectivity index (χ1v) is 8.91. The lowest BCUT2D eigenvalue weighted by Gasteiger charge is -2.13. The maximum absolute atomic E-state index is 12.2. The third-order valence-electron chi connectivity index (χ3n) is 3.14. The molecule has 0 spiro atoms. The number of carbonyl (C=O) groups is 2. The van der Waals surface area contributed by atoms with Gasteiger partial charge in [-0.25, -0.2) is 8.42 Å². The fourth-order valence-electron chi connectivity index (χ4n) is 1.87. The van der Waals surface area contributed by atoms with Crippen LogP contribution in [0, 0.1) is 6.92 Å². The van der Waals surface area contributed by atoms with Crippen molar-refractivity contribution in [1.82, 2.24) is 10.5 Å². The molecule has 2 aromatic rings. The standard InChI is InChI=1S/C15H17N3O5S/c1-9-7-13(18-23-9)17-14(19)10(2)16-15(20)11-5-4-6-12(8-11)24(3,21)22/h4-8,10H,1-3H3,(H,16,20)(H,17,18,19)/t10-/m1/s1. The van der Waals surface area contributed by atoms with E-state index in [9.17, 15) is 18.0 Å². The molecule has 0 aliphatic carbocycles. The number of sulfone groups is 1. The molecule has 1 atom stereocenters. The summed E-state index contributed by atoms with van der Waals surface area (Å²) in [6, 6.07) is 6.29. The van der Waals surface area contributed by atoms with Crippen molar-refractivity contribution in [3.8, 4) is 0 Å². The van der Waals surface area contributed by atoms with Crippen LogP contribution in [-0.2, 0) is 14.6 Å². The van der Waals surface area contributed by atoms with E-state index >= 15 is 0 Å². The van der Waals surface area contributed by atoms with Crippen LogP contribution in [-0.4, -0.2) is 37.7 Å². The summed E-state index contributed by atoms with van der Waals surface area (Å²) in [5.41, 5.74) is 0.148. The van der Waals surface area contributed by atoms with E-state index in [1.54, 1.807) is 13.0 Å². The zero-order valence-corrected chi connectivity index (χ0v) is 14.2. The Kier molecular flexibility index (Phi) is 5.03. The summed E-state index contributed by atoms with van der Waals surface area (Å²) in [6.07, 6.45) is 1.06. The topological polar surface area (TPSA) is 118 Å². The number of nitrogens with one attached hydrogen (secondary N) is 2.